The third kappa shape index (κ3) is 7.36. The molecule has 0 bridgehead atoms. The third-order valence-electron chi connectivity index (χ3n) is 4.54. The maximum absolute atomic E-state index is 12.6. The van der Waals surface area contributed by atoms with E-state index in [0.717, 1.165) is 5.56 Å². The van der Waals surface area contributed by atoms with Crippen molar-refractivity contribution in [1.82, 2.24) is 15.6 Å². The number of sulfonamides is 1. The number of rotatable bonds is 9. The Morgan fingerprint density at radius 1 is 0.853 bits per heavy atom. The molecule has 0 saturated carbocycles. The normalized spacial score (nSPS) is 11.1. The number of nitrogens with one attached hydrogen (secondary N) is 3. The minimum absolute atomic E-state index is 0.0244. The van der Waals surface area contributed by atoms with E-state index in [0.29, 0.717) is 5.56 Å². The van der Waals surface area contributed by atoms with Crippen LogP contribution in [0.3, 0.4) is 0 Å². The predicted octanol–water partition coefficient (Wildman–Crippen LogP) is 2.77. The van der Waals surface area contributed by atoms with Gasteiger partial charge in [0, 0.05) is 12.1 Å². The average molecular weight is 490 g/mol. The second-order valence-electron chi connectivity index (χ2n) is 7.04. The highest BCUT2D eigenvalue weighted by molar-refractivity contribution is 7.89. The van der Waals surface area contributed by atoms with E-state index in [1.165, 1.54) is 48.5 Å². The van der Waals surface area contributed by atoms with Gasteiger partial charge in [0.2, 0.25) is 15.9 Å². The van der Waals surface area contributed by atoms with Crippen molar-refractivity contribution in [2.75, 3.05) is 0 Å². The Hall–Kier alpha value is -3.83. The highest BCUT2D eigenvalue weighted by Crippen LogP contribution is 2.15. The fourth-order valence-corrected chi connectivity index (χ4v) is 3.94. The average Bonchev–Trinajstić information content (AvgIpc) is 2.83. The van der Waals surface area contributed by atoms with Crippen LogP contribution in [-0.4, -0.2) is 26.8 Å². The Kier molecular flexibility index (Phi) is 8.28. The number of amides is 2. The Bertz CT molecular complexity index is 1240. The molecule has 0 atom stereocenters. The molecule has 3 aromatic carbocycles. The molecule has 0 radical (unpaired) electrons. The van der Waals surface area contributed by atoms with E-state index in [-0.39, 0.29) is 29.2 Å². The summed E-state index contributed by atoms with van der Waals surface area (Å²) in [6, 6.07) is 19.8. The zero-order chi connectivity index (χ0) is 24.6. The monoisotopic (exact) mass is 489 g/mol. The third-order valence-corrected chi connectivity index (χ3v) is 5.94. The fraction of sp³-hybridized carbons (Fsp3) is 0.130. The summed E-state index contributed by atoms with van der Waals surface area (Å²) in [6.45, 7) is -2.86. The van der Waals surface area contributed by atoms with Crippen LogP contribution in [0.5, 0.6) is 5.75 Å². The number of ether oxygens (including phenoxy) is 1. The van der Waals surface area contributed by atoms with Crippen molar-refractivity contribution in [3.05, 3.63) is 95.6 Å². The van der Waals surface area contributed by atoms with E-state index in [2.05, 4.69) is 20.3 Å². The SMILES string of the molecule is O=C(Cc1ccc(OC(F)F)cc1)NNC(=O)c1cccc(S(=O)(=O)NCc2ccccc2)c1. The van der Waals surface area contributed by atoms with Crippen LogP contribution in [0.25, 0.3) is 0 Å². The molecular weight excluding hydrogens is 468 g/mol. The minimum Gasteiger partial charge on any atom is -0.435 e. The highest BCUT2D eigenvalue weighted by atomic mass is 32.2. The first-order valence-electron chi connectivity index (χ1n) is 9.99. The van der Waals surface area contributed by atoms with Crippen LogP contribution in [0.4, 0.5) is 8.78 Å². The minimum atomic E-state index is -3.87. The van der Waals surface area contributed by atoms with Gasteiger partial charge in [-0.1, -0.05) is 48.5 Å². The first-order chi connectivity index (χ1) is 16.2. The summed E-state index contributed by atoms with van der Waals surface area (Å²) < 4.78 is 56.2. The van der Waals surface area contributed by atoms with Crippen LogP contribution in [0, 0.1) is 0 Å². The Morgan fingerprint density at radius 3 is 2.24 bits per heavy atom. The topological polar surface area (TPSA) is 114 Å². The zero-order valence-corrected chi connectivity index (χ0v) is 18.5. The van der Waals surface area contributed by atoms with Gasteiger partial charge in [-0.2, -0.15) is 8.78 Å². The maximum atomic E-state index is 12.6. The Balaban J connectivity index is 1.54. The molecule has 0 aliphatic rings. The quantitative estimate of drug-likeness (QED) is 0.400. The largest absolute Gasteiger partial charge is 0.435 e. The van der Waals surface area contributed by atoms with Gasteiger partial charge in [0.25, 0.3) is 5.91 Å². The molecule has 178 valence electrons. The zero-order valence-electron chi connectivity index (χ0n) is 17.7. The predicted molar refractivity (Wildman–Crippen MR) is 119 cm³/mol. The number of hydrazine groups is 1. The van der Waals surface area contributed by atoms with Crippen molar-refractivity contribution in [2.45, 2.75) is 24.5 Å². The summed E-state index contributed by atoms with van der Waals surface area (Å²) in [6.07, 6.45) is -0.132. The van der Waals surface area contributed by atoms with Gasteiger partial charge in [0.05, 0.1) is 11.3 Å². The molecule has 0 spiro atoms. The molecule has 2 amide bonds. The molecule has 0 aliphatic carbocycles. The van der Waals surface area contributed by atoms with Crippen molar-refractivity contribution in [3.63, 3.8) is 0 Å². The maximum Gasteiger partial charge on any atom is 0.387 e. The summed E-state index contributed by atoms with van der Waals surface area (Å²) in [7, 11) is -3.87. The number of carbonyl (C=O) groups is 2. The van der Waals surface area contributed by atoms with Gasteiger partial charge < -0.3 is 4.74 Å². The number of carbonyl (C=O) groups excluding carboxylic acids is 2. The summed E-state index contributed by atoms with van der Waals surface area (Å²) >= 11 is 0. The van der Waals surface area contributed by atoms with Gasteiger partial charge >= 0.3 is 6.61 Å². The molecule has 3 rings (SSSR count). The molecule has 0 unspecified atom stereocenters. The molecule has 3 N–H and O–H groups in total. The fourth-order valence-electron chi connectivity index (χ4n) is 2.88. The van der Waals surface area contributed by atoms with E-state index >= 15 is 0 Å². The van der Waals surface area contributed by atoms with Crippen LogP contribution in [0.2, 0.25) is 0 Å². The van der Waals surface area contributed by atoms with Crippen molar-refractivity contribution in [3.8, 4) is 5.75 Å². The molecule has 8 nitrogen and oxygen atoms in total. The van der Waals surface area contributed by atoms with Gasteiger partial charge in [-0.15, -0.1) is 0 Å². The van der Waals surface area contributed by atoms with Gasteiger partial charge in [0.15, 0.2) is 0 Å². The van der Waals surface area contributed by atoms with Gasteiger partial charge in [-0.3, -0.25) is 20.4 Å². The highest BCUT2D eigenvalue weighted by Gasteiger charge is 2.16. The van der Waals surface area contributed by atoms with Crippen LogP contribution in [0.15, 0.2) is 83.8 Å². The van der Waals surface area contributed by atoms with Crippen LogP contribution < -0.4 is 20.3 Å². The first kappa shape index (κ1) is 24.8. The lowest BCUT2D eigenvalue weighted by atomic mass is 10.1. The summed E-state index contributed by atoms with van der Waals surface area (Å²) in [5.41, 5.74) is 5.75. The molecule has 0 aromatic heterocycles. The van der Waals surface area contributed by atoms with Crippen LogP contribution in [-0.2, 0) is 27.8 Å². The number of benzene rings is 3. The summed E-state index contributed by atoms with van der Waals surface area (Å²) in [5.74, 6) is -1.32. The number of hydrogen-bond acceptors (Lipinski definition) is 5. The van der Waals surface area contributed by atoms with Gasteiger partial charge in [-0.25, -0.2) is 13.1 Å². The second-order valence-corrected chi connectivity index (χ2v) is 8.81. The molecule has 0 heterocycles. The molecular formula is C23H21F2N3O5S. The van der Waals surface area contributed by atoms with Crippen LogP contribution >= 0.6 is 0 Å². The number of halogens is 2. The molecule has 11 heteroatoms. The number of alkyl halides is 2. The lowest BCUT2D eigenvalue weighted by Crippen LogP contribution is -2.42. The van der Waals surface area contributed by atoms with Gasteiger partial charge in [0.1, 0.15) is 5.75 Å². The Morgan fingerprint density at radius 2 is 1.56 bits per heavy atom. The molecule has 0 aliphatic heterocycles. The standard InChI is InChI=1S/C23H21F2N3O5S/c24-23(25)33-19-11-9-16(10-12-19)13-21(29)27-28-22(30)18-7-4-8-20(14-18)34(31,32)26-15-17-5-2-1-3-6-17/h1-12,14,23,26H,13,15H2,(H,27,29)(H,28,30). The van der Waals surface area contributed by atoms with Crippen molar-refractivity contribution < 1.29 is 31.5 Å². The summed E-state index contributed by atoms with van der Waals surface area (Å²) in [4.78, 5) is 24.3. The van der Waals surface area contributed by atoms with Gasteiger partial charge in [-0.05, 0) is 41.5 Å². The van der Waals surface area contributed by atoms with E-state index < -0.39 is 28.4 Å². The van der Waals surface area contributed by atoms with E-state index in [1.54, 1.807) is 24.3 Å². The molecule has 3 aromatic rings. The van der Waals surface area contributed by atoms with E-state index in [1.807, 2.05) is 6.07 Å². The van der Waals surface area contributed by atoms with Crippen LogP contribution in [0.1, 0.15) is 21.5 Å². The second kappa shape index (κ2) is 11.3. The number of hydrogen-bond donors (Lipinski definition) is 3. The lowest BCUT2D eigenvalue weighted by Gasteiger charge is -2.10. The van der Waals surface area contributed by atoms with Crippen molar-refractivity contribution in [2.24, 2.45) is 0 Å². The lowest BCUT2D eigenvalue weighted by molar-refractivity contribution is -0.121. The smallest absolute Gasteiger partial charge is 0.387 e. The van der Waals surface area contributed by atoms with Crippen molar-refractivity contribution >= 4 is 21.8 Å². The Labute approximate surface area is 195 Å². The van der Waals surface area contributed by atoms with E-state index in [9.17, 15) is 26.8 Å². The molecule has 34 heavy (non-hydrogen) atoms. The molecule has 0 fully saturated rings. The summed E-state index contributed by atoms with van der Waals surface area (Å²) in [5, 5.41) is 0. The van der Waals surface area contributed by atoms with Crippen molar-refractivity contribution in [1.29, 1.82) is 0 Å². The van der Waals surface area contributed by atoms with E-state index in [4.69, 9.17) is 0 Å². The molecule has 0 saturated heterocycles. The first-order valence-corrected chi connectivity index (χ1v) is 11.5.